The average Bonchev–Trinajstić information content (AvgIpc) is 2.27. The predicted octanol–water partition coefficient (Wildman–Crippen LogP) is 3.65. The number of nitrogens with zero attached hydrogens (tertiary/aromatic N) is 1. The van der Waals surface area contributed by atoms with Gasteiger partial charge >= 0.3 is 0 Å². The van der Waals surface area contributed by atoms with Gasteiger partial charge in [-0.25, -0.2) is 0 Å². The molecule has 112 valence electrons. The Labute approximate surface area is 122 Å². The highest BCUT2D eigenvalue weighted by molar-refractivity contribution is 5.37. The van der Waals surface area contributed by atoms with Crippen molar-refractivity contribution in [1.29, 1.82) is 0 Å². The highest BCUT2D eigenvalue weighted by atomic mass is 16.5. The number of aromatic hydroxyl groups is 1. The van der Waals surface area contributed by atoms with E-state index in [0.29, 0.717) is 5.75 Å². The van der Waals surface area contributed by atoms with Crippen LogP contribution in [-0.4, -0.2) is 34.3 Å². The van der Waals surface area contributed by atoms with Crippen LogP contribution in [0, 0.1) is 6.92 Å². The predicted molar refractivity (Wildman–Crippen MR) is 82.1 cm³/mol. The summed E-state index contributed by atoms with van der Waals surface area (Å²) in [5, 5.41) is 10.1. The topological polar surface area (TPSA) is 32.7 Å². The lowest BCUT2D eigenvalue weighted by Crippen LogP contribution is -2.57. The van der Waals surface area contributed by atoms with Gasteiger partial charge in [0.15, 0.2) is 0 Å². The van der Waals surface area contributed by atoms with E-state index in [4.69, 9.17) is 4.74 Å². The smallest absolute Gasteiger partial charge is 0.120 e. The van der Waals surface area contributed by atoms with Gasteiger partial charge in [-0.2, -0.15) is 0 Å². The summed E-state index contributed by atoms with van der Waals surface area (Å²) in [6.45, 7) is 14.5. The van der Waals surface area contributed by atoms with Crippen LogP contribution < -0.4 is 0 Å². The third-order valence-electron chi connectivity index (χ3n) is 3.90. The molecule has 1 fully saturated rings. The summed E-state index contributed by atoms with van der Waals surface area (Å²) in [6, 6.07) is 5.99. The number of ether oxygens (including phenoxy) is 1. The summed E-state index contributed by atoms with van der Waals surface area (Å²) in [5.74, 6) is 0.380. The first-order valence-corrected chi connectivity index (χ1v) is 7.33. The number of rotatable bonds is 2. The normalized spacial score (nSPS) is 23.5. The van der Waals surface area contributed by atoms with Crippen LogP contribution in [0.2, 0.25) is 0 Å². The Hall–Kier alpha value is -1.06. The number of phenolic OH excluding ortho intramolecular Hbond substituents is 1. The second-order valence-corrected chi connectivity index (χ2v) is 7.26. The highest BCUT2D eigenvalue weighted by Gasteiger charge is 2.40. The highest BCUT2D eigenvalue weighted by Crippen LogP contribution is 2.36. The Morgan fingerprint density at radius 3 is 2.25 bits per heavy atom. The number of aryl methyl sites for hydroxylation is 1. The first-order chi connectivity index (χ1) is 9.10. The minimum Gasteiger partial charge on any atom is -0.508 e. The molecule has 0 bridgehead atoms. The van der Waals surface area contributed by atoms with Crippen LogP contribution in [0.4, 0.5) is 0 Å². The number of phenols is 1. The molecule has 1 atom stereocenters. The number of hydrogen-bond acceptors (Lipinski definition) is 3. The van der Waals surface area contributed by atoms with Crippen LogP contribution >= 0.6 is 0 Å². The van der Waals surface area contributed by atoms with Crippen LogP contribution in [0.3, 0.4) is 0 Å². The van der Waals surface area contributed by atoms with Crippen molar-refractivity contribution in [1.82, 2.24) is 4.90 Å². The summed E-state index contributed by atoms with van der Waals surface area (Å²) in [4.78, 5) is 2.40. The van der Waals surface area contributed by atoms with Crippen molar-refractivity contribution in [2.45, 2.75) is 58.8 Å². The maximum absolute atomic E-state index is 10.1. The quantitative estimate of drug-likeness (QED) is 0.895. The molecule has 0 radical (unpaired) electrons. The summed E-state index contributed by atoms with van der Waals surface area (Å²) >= 11 is 0. The molecule has 2 rings (SSSR count). The van der Waals surface area contributed by atoms with Crippen LogP contribution in [0.25, 0.3) is 0 Å². The van der Waals surface area contributed by atoms with Gasteiger partial charge in [0.1, 0.15) is 5.75 Å². The molecule has 0 aliphatic carbocycles. The zero-order valence-corrected chi connectivity index (χ0v) is 13.5. The SMILES string of the molecule is Cc1ccc(O)c(C(C)N2CC(C)(C)OC(C)(C)C2)c1. The van der Waals surface area contributed by atoms with Crippen molar-refractivity contribution in [3.05, 3.63) is 29.3 Å². The summed E-state index contributed by atoms with van der Waals surface area (Å²) < 4.78 is 6.13. The number of hydrogen-bond donors (Lipinski definition) is 1. The van der Waals surface area contributed by atoms with Gasteiger partial charge in [-0.1, -0.05) is 17.7 Å². The standard InChI is InChI=1S/C17H27NO2/c1-12-7-8-15(19)14(9-12)13(2)18-10-16(3,4)20-17(5,6)11-18/h7-9,13,19H,10-11H2,1-6H3. The molecule has 1 saturated heterocycles. The Morgan fingerprint density at radius 2 is 1.70 bits per heavy atom. The van der Waals surface area contributed by atoms with Crippen molar-refractivity contribution >= 4 is 0 Å². The van der Waals surface area contributed by atoms with Gasteiger partial charge in [-0.15, -0.1) is 0 Å². The van der Waals surface area contributed by atoms with Crippen LogP contribution in [0.5, 0.6) is 5.75 Å². The van der Waals surface area contributed by atoms with Crippen molar-refractivity contribution in [3.8, 4) is 5.75 Å². The first-order valence-electron chi connectivity index (χ1n) is 7.33. The molecule has 1 heterocycles. The largest absolute Gasteiger partial charge is 0.508 e. The van der Waals surface area contributed by atoms with Crippen LogP contribution in [0.1, 0.15) is 51.8 Å². The average molecular weight is 277 g/mol. The Kier molecular flexibility index (Phi) is 3.87. The number of benzene rings is 1. The second kappa shape index (κ2) is 5.05. The summed E-state index contributed by atoms with van der Waals surface area (Å²) in [7, 11) is 0. The zero-order valence-electron chi connectivity index (χ0n) is 13.5. The van der Waals surface area contributed by atoms with Gasteiger partial charge < -0.3 is 9.84 Å². The molecule has 0 aromatic heterocycles. The molecule has 1 aliphatic heterocycles. The molecule has 1 aliphatic rings. The molecule has 0 amide bonds. The molecule has 1 N–H and O–H groups in total. The van der Waals surface area contributed by atoms with Gasteiger partial charge in [0.2, 0.25) is 0 Å². The molecule has 1 unspecified atom stereocenters. The monoisotopic (exact) mass is 277 g/mol. The number of morpholine rings is 1. The lowest BCUT2D eigenvalue weighted by atomic mass is 9.95. The van der Waals surface area contributed by atoms with Gasteiger partial charge in [0.25, 0.3) is 0 Å². The van der Waals surface area contributed by atoms with Crippen molar-refractivity contribution < 1.29 is 9.84 Å². The van der Waals surface area contributed by atoms with E-state index in [1.54, 1.807) is 6.07 Å². The molecule has 3 nitrogen and oxygen atoms in total. The second-order valence-electron chi connectivity index (χ2n) is 7.26. The van der Waals surface area contributed by atoms with Crippen LogP contribution in [0.15, 0.2) is 18.2 Å². The van der Waals surface area contributed by atoms with E-state index in [9.17, 15) is 5.11 Å². The maximum atomic E-state index is 10.1. The summed E-state index contributed by atoms with van der Waals surface area (Å²) in [6.07, 6.45) is 0. The van der Waals surface area contributed by atoms with E-state index in [1.165, 1.54) is 5.56 Å². The molecule has 20 heavy (non-hydrogen) atoms. The Morgan fingerprint density at radius 1 is 1.15 bits per heavy atom. The van der Waals surface area contributed by atoms with E-state index >= 15 is 0 Å². The fourth-order valence-electron chi connectivity index (χ4n) is 3.33. The van der Waals surface area contributed by atoms with E-state index in [-0.39, 0.29) is 17.2 Å². The lowest BCUT2D eigenvalue weighted by molar-refractivity contribution is -0.187. The van der Waals surface area contributed by atoms with E-state index in [2.05, 4.69) is 52.5 Å². The van der Waals surface area contributed by atoms with Gasteiger partial charge in [0, 0.05) is 24.7 Å². The Bertz CT molecular complexity index is 478. The van der Waals surface area contributed by atoms with E-state index in [0.717, 1.165) is 18.7 Å². The fourth-order valence-corrected chi connectivity index (χ4v) is 3.33. The van der Waals surface area contributed by atoms with Gasteiger partial charge in [-0.3, -0.25) is 4.90 Å². The minimum atomic E-state index is -0.171. The van der Waals surface area contributed by atoms with Crippen molar-refractivity contribution in [2.24, 2.45) is 0 Å². The first kappa shape index (κ1) is 15.3. The molecule has 0 spiro atoms. The molecular weight excluding hydrogens is 250 g/mol. The zero-order chi connectivity index (χ0) is 15.1. The molecule has 0 saturated carbocycles. The third-order valence-corrected chi connectivity index (χ3v) is 3.90. The maximum Gasteiger partial charge on any atom is 0.120 e. The van der Waals surface area contributed by atoms with Crippen molar-refractivity contribution in [2.75, 3.05) is 13.1 Å². The van der Waals surface area contributed by atoms with E-state index < -0.39 is 0 Å². The molecule has 3 heteroatoms. The fraction of sp³-hybridized carbons (Fsp3) is 0.647. The summed E-state index contributed by atoms with van der Waals surface area (Å²) in [5.41, 5.74) is 1.83. The molecular formula is C17H27NO2. The lowest BCUT2D eigenvalue weighted by Gasteiger charge is -2.49. The Balaban J connectivity index is 2.28. The van der Waals surface area contributed by atoms with Crippen LogP contribution in [-0.2, 0) is 4.74 Å². The van der Waals surface area contributed by atoms with Gasteiger partial charge in [0.05, 0.1) is 11.2 Å². The third kappa shape index (κ3) is 3.33. The van der Waals surface area contributed by atoms with Crippen molar-refractivity contribution in [3.63, 3.8) is 0 Å². The van der Waals surface area contributed by atoms with E-state index in [1.807, 2.05) is 6.07 Å². The van der Waals surface area contributed by atoms with Gasteiger partial charge in [-0.05, 0) is 47.6 Å². The molecule has 1 aromatic rings. The minimum absolute atomic E-state index is 0.171. The molecule has 1 aromatic carbocycles.